The molecule has 0 aromatic heterocycles. The van der Waals surface area contributed by atoms with Crippen molar-refractivity contribution in [1.82, 2.24) is 4.90 Å². The maximum absolute atomic E-state index is 6.14. The van der Waals surface area contributed by atoms with Gasteiger partial charge in [0.25, 0.3) is 0 Å². The van der Waals surface area contributed by atoms with Gasteiger partial charge in [-0.15, -0.1) is 0 Å². The van der Waals surface area contributed by atoms with E-state index in [1.165, 1.54) is 18.4 Å². The minimum absolute atomic E-state index is 0.199. The average molecular weight is 316 g/mol. The van der Waals surface area contributed by atoms with Crippen molar-refractivity contribution in [2.24, 2.45) is 5.92 Å². The SMILES string of the molecule is C=C(OC(C)(C)C)N1[C@H](CC)C[C@H](C)C[C@@H]1Cc1ccccc1. The highest BCUT2D eigenvalue weighted by Crippen LogP contribution is 2.35. The highest BCUT2D eigenvalue weighted by Gasteiger charge is 2.35. The van der Waals surface area contributed by atoms with E-state index in [0.717, 1.165) is 24.6 Å². The predicted octanol–water partition coefficient (Wildman–Crippen LogP) is 5.39. The van der Waals surface area contributed by atoms with Crippen LogP contribution in [0, 0.1) is 5.92 Å². The van der Waals surface area contributed by atoms with Gasteiger partial charge in [-0.25, -0.2) is 0 Å². The van der Waals surface area contributed by atoms with Crippen molar-refractivity contribution < 1.29 is 4.74 Å². The summed E-state index contributed by atoms with van der Waals surface area (Å²) in [5.41, 5.74) is 1.20. The molecule has 1 heterocycles. The average Bonchev–Trinajstić information content (AvgIpc) is 2.45. The van der Waals surface area contributed by atoms with Crippen LogP contribution in [0.15, 0.2) is 42.8 Å². The number of ether oxygens (including phenoxy) is 1. The quantitative estimate of drug-likeness (QED) is 0.675. The first-order valence-corrected chi connectivity index (χ1v) is 9.00. The summed E-state index contributed by atoms with van der Waals surface area (Å²) in [7, 11) is 0. The lowest BCUT2D eigenvalue weighted by Gasteiger charge is -2.47. The monoisotopic (exact) mass is 315 g/mol. The van der Waals surface area contributed by atoms with Crippen LogP contribution < -0.4 is 0 Å². The first-order chi connectivity index (χ1) is 10.8. The molecule has 3 atom stereocenters. The van der Waals surface area contributed by atoms with Crippen molar-refractivity contribution in [2.45, 2.75) is 78.0 Å². The fourth-order valence-electron chi connectivity index (χ4n) is 3.80. The van der Waals surface area contributed by atoms with E-state index < -0.39 is 0 Å². The van der Waals surface area contributed by atoms with E-state index in [1.54, 1.807) is 0 Å². The fourth-order valence-corrected chi connectivity index (χ4v) is 3.80. The zero-order chi connectivity index (χ0) is 17.0. The van der Waals surface area contributed by atoms with Gasteiger partial charge >= 0.3 is 0 Å². The van der Waals surface area contributed by atoms with Crippen LogP contribution in [-0.4, -0.2) is 22.6 Å². The number of hydrogen-bond donors (Lipinski definition) is 0. The van der Waals surface area contributed by atoms with Crippen LogP contribution in [0.25, 0.3) is 0 Å². The molecule has 2 rings (SSSR count). The van der Waals surface area contributed by atoms with E-state index in [1.807, 2.05) is 0 Å². The van der Waals surface area contributed by atoms with E-state index in [2.05, 4.69) is 76.4 Å². The molecule has 2 nitrogen and oxygen atoms in total. The molecule has 0 amide bonds. The molecule has 0 radical (unpaired) electrons. The zero-order valence-electron chi connectivity index (χ0n) is 15.5. The summed E-state index contributed by atoms with van der Waals surface area (Å²) >= 11 is 0. The minimum atomic E-state index is -0.199. The van der Waals surface area contributed by atoms with Crippen LogP contribution in [0.2, 0.25) is 0 Å². The third-order valence-corrected chi connectivity index (χ3v) is 4.63. The number of nitrogens with zero attached hydrogens (tertiary/aromatic N) is 1. The Morgan fingerprint density at radius 3 is 2.35 bits per heavy atom. The third kappa shape index (κ3) is 5.02. The van der Waals surface area contributed by atoms with Crippen LogP contribution in [0.3, 0.4) is 0 Å². The summed E-state index contributed by atoms with van der Waals surface area (Å²) < 4.78 is 6.14. The second-order valence-electron chi connectivity index (χ2n) is 8.00. The normalized spacial score (nSPS) is 25.3. The molecule has 1 fully saturated rings. The highest BCUT2D eigenvalue weighted by molar-refractivity contribution is 5.17. The molecule has 0 unspecified atom stereocenters. The standard InChI is InChI=1S/C21H33NO/c1-7-19-13-16(2)14-20(15-18-11-9-8-10-12-18)22(19)17(3)23-21(4,5)6/h8-12,16,19-20H,3,7,13-15H2,1-2,4-6H3/t16-,19+,20+/m0/s1. The lowest BCUT2D eigenvalue weighted by atomic mass is 9.84. The van der Waals surface area contributed by atoms with Gasteiger partial charge in [0.15, 0.2) is 5.88 Å². The molecule has 0 spiro atoms. The van der Waals surface area contributed by atoms with Gasteiger partial charge in [-0.05, 0) is 64.5 Å². The molecular weight excluding hydrogens is 282 g/mol. The van der Waals surface area contributed by atoms with E-state index in [9.17, 15) is 0 Å². The Morgan fingerprint density at radius 2 is 1.78 bits per heavy atom. The Labute approximate surface area is 142 Å². The highest BCUT2D eigenvalue weighted by atomic mass is 16.5. The largest absolute Gasteiger partial charge is 0.474 e. The Morgan fingerprint density at radius 1 is 1.17 bits per heavy atom. The summed E-state index contributed by atoms with van der Waals surface area (Å²) in [6.07, 6.45) is 4.64. The van der Waals surface area contributed by atoms with E-state index in [-0.39, 0.29) is 5.60 Å². The van der Waals surface area contributed by atoms with Crippen molar-refractivity contribution >= 4 is 0 Å². The zero-order valence-corrected chi connectivity index (χ0v) is 15.5. The van der Waals surface area contributed by atoms with Crippen molar-refractivity contribution in [3.8, 4) is 0 Å². The molecule has 1 aliphatic rings. The number of benzene rings is 1. The summed E-state index contributed by atoms with van der Waals surface area (Å²) in [5, 5.41) is 0. The maximum atomic E-state index is 6.14. The van der Waals surface area contributed by atoms with Crippen molar-refractivity contribution in [3.05, 3.63) is 48.4 Å². The molecule has 1 aliphatic heterocycles. The summed E-state index contributed by atoms with van der Waals surface area (Å²) in [4.78, 5) is 2.47. The van der Waals surface area contributed by atoms with Gasteiger partial charge in [0.1, 0.15) is 5.60 Å². The lowest BCUT2D eigenvalue weighted by molar-refractivity contribution is -0.0429. The molecule has 1 aromatic rings. The molecule has 0 bridgehead atoms. The maximum Gasteiger partial charge on any atom is 0.182 e. The van der Waals surface area contributed by atoms with E-state index >= 15 is 0 Å². The number of rotatable bonds is 5. The van der Waals surface area contributed by atoms with Crippen LogP contribution in [0.5, 0.6) is 0 Å². The first-order valence-electron chi connectivity index (χ1n) is 9.00. The van der Waals surface area contributed by atoms with Gasteiger partial charge in [-0.2, -0.15) is 0 Å². The lowest BCUT2D eigenvalue weighted by Crippen LogP contribution is -2.50. The molecule has 0 saturated carbocycles. The Balaban J connectivity index is 2.21. The van der Waals surface area contributed by atoms with Crippen molar-refractivity contribution in [1.29, 1.82) is 0 Å². The second kappa shape index (κ2) is 7.42. The molecule has 1 saturated heterocycles. The molecule has 2 heteroatoms. The number of piperidine rings is 1. The molecule has 0 N–H and O–H groups in total. The Hall–Kier alpha value is -1.44. The molecule has 1 aromatic carbocycles. The van der Waals surface area contributed by atoms with Gasteiger partial charge in [-0.3, -0.25) is 0 Å². The van der Waals surface area contributed by atoms with Gasteiger partial charge in [0.2, 0.25) is 0 Å². The van der Waals surface area contributed by atoms with E-state index in [4.69, 9.17) is 4.74 Å². The molecule has 0 aliphatic carbocycles. The van der Waals surface area contributed by atoms with Crippen LogP contribution >= 0.6 is 0 Å². The fraction of sp³-hybridized carbons (Fsp3) is 0.619. The van der Waals surface area contributed by atoms with Gasteiger partial charge in [0.05, 0.1) is 0 Å². The first kappa shape index (κ1) is 17.9. The minimum Gasteiger partial charge on any atom is -0.474 e. The third-order valence-electron chi connectivity index (χ3n) is 4.63. The van der Waals surface area contributed by atoms with Gasteiger partial charge in [-0.1, -0.05) is 44.2 Å². The molecular formula is C21H33NO. The van der Waals surface area contributed by atoms with Crippen LogP contribution in [0.1, 0.15) is 59.4 Å². The van der Waals surface area contributed by atoms with E-state index in [0.29, 0.717) is 12.1 Å². The smallest absolute Gasteiger partial charge is 0.182 e. The topological polar surface area (TPSA) is 12.5 Å². The number of hydrogen-bond acceptors (Lipinski definition) is 2. The van der Waals surface area contributed by atoms with Gasteiger partial charge < -0.3 is 9.64 Å². The van der Waals surface area contributed by atoms with Crippen molar-refractivity contribution in [2.75, 3.05) is 0 Å². The van der Waals surface area contributed by atoms with Crippen molar-refractivity contribution in [3.63, 3.8) is 0 Å². The number of likely N-dealkylation sites (tertiary alicyclic amines) is 1. The van der Waals surface area contributed by atoms with Crippen LogP contribution in [-0.2, 0) is 11.2 Å². The summed E-state index contributed by atoms with van der Waals surface area (Å²) in [5.74, 6) is 1.60. The van der Waals surface area contributed by atoms with Crippen LogP contribution in [0.4, 0.5) is 0 Å². The van der Waals surface area contributed by atoms with Gasteiger partial charge in [0, 0.05) is 12.1 Å². The molecule has 23 heavy (non-hydrogen) atoms. The second-order valence-corrected chi connectivity index (χ2v) is 8.00. The predicted molar refractivity (Wildman–Crippen MR) is 98.2 cm³/mol. The molecule has 128 valence electrons. The Bertz CT molecular complexity index is 502. The Kier molecular flexibility index (Phi) is 5.78. The summed E-state index contributed by atoms with van der Waals surface area (Å²) in [6.45, 7) is 15.2. The summed E-state index contributed by atoms with van der Waals surface area (Å²) in [6, 6.07) is 11.8.